The van der Waals surface area contributed by atoms with E-state index in [2.05, 4.69) is 271 Å². The Hall–Kier alpha value is -7.68. The molecule has 2 nitrogen and oxygen atoms in total. The standard InChI is InChI=1S/C67H58N2/c1-43-35-44(2)37-52(36-43)69(50-28-32-56-53-21-15-16-22-59(53)65(3,4)62(56)41-50)51-29-34-58-55-31-26-46(39-61(55)67(7,8)64(58)42-51)24-23-45-25-30-54-57-33-27-49(40-63(57)66(5,6)60(54)38-45)68(47-17-11-9-12-18-47)48-19-13-10-14-20-48/h9-42H,1-8H3. The fourth-order valence-corrected chi connectivity index (χ4v) is 12.1. The lowest BCUT2D eigenvalue weighted by Crippen LogP contribution is -2.18. The molecule has 336 valence electrons. The predicted octanol–water partition coefficient (Wildman–Crippen LogP) is 18.3. The second kappa shape index (κ2) is 15.7. The molecule has 0 bridgehead atoms. The molecule has 0 fully saturated rings. The molecular formula is C67H58N2. The smallest absolute Gasteiger partial charge is 0.0466 e. The molecule has 12 rings (SSSR count). The fourth-order valence-electron chi connectivity index (χ4n) is 12.1. The zero-order valence-electron chi connectivity index (χ0n) is 41.0. The zero-order chi connectivity index (χ0) is 47.4. The third-order valence-electron chi connectivity index (χ3n) is 15.7. The highest BCUT2D eigenvalue weighted by Gasteiger charge is 2.39. The molecule has 0 amide bonds. The van der Waals surface area contributed by atoms with Crippen LogP contribution in [-0.2, 0) is 16.2 Å². The van der Waals surface area contributed by atoms with Gasteiger partial charge in [0.15, 0.2) is 0 Å². The number of anilines is 6. The molecular weight excluding hydrogens is 833 g/mol. The lowest BCUT2D eigenvalue weighted by Gasteiger charge is -2.30. The molecule has 0 spiro atoms. The van der Waals surface area contributed by atoms with Gasteiger partial charge in [-0.15, -0.1) is 0 Å². The van der Waals surface area contributed by atoms with Crippen molar-refractivity contribution < 1.29 is 0 Å². The Morgan fingerprint density at radius 2 is 0.609 bits per heavy atom. The zero-order valence-corrected chi connectivity index (χ0v) is 41.0. The van der Waals surface area contributed by atoms with Crippen LogP contribution in [0.25, 0.3) is 45.5 Å². The van der Waals surface area contributed by atoms with Crippen LogP contribution >= 0.6 is 0 Å². The Morgan fingerprint density at radius 1 is 0.275 bits per heavy atom. The first-order valence-corrected chi connectivity index (χ1v) is 24.6. The molecule has 0 aliphatic heterocycles. The molecule has 0 saturated carbocycles. The van der Waals surface area contributed by atoms with Crippen molar-refractivity contribution >= 4 is 46.3 Å². The second-order valence-electron chi connectivity index (χ2n) is 21.2. The summed E-state index contributed by atoms with van der Waals surface area (Å²) >= 11 is 0. The highest BCUT2D eigenvalue weighted by atomic mass is 15.1. The van der Waals surface area contributed by atoms with Crippen LogP contribution in [-0.4, -0.2) is 0 Å². The van der Waals surface area contributed by atoms with Crippen molar-refractivity contribution in [2.45, 2.75) is 71.6 Å². The van der Waals surface area contributed by atoms with Crippen molar-refractivity contribution in [3.63, 3.8) is 0 Å². The highest BCUT2D eigenvalue weighted by Crippen LogP contribution is 2.54. The van der Waals surface area contributed by atoms with Crippen molar-refractivity contribution in [3.8, 4) is 33.4 Å². The fraction of sp³-hybridized carbons (Fsp3) is 0.164. The number of aryl methyl sites for hydroxylation is 2. The average molecular weight is 891 g/mol. The Bertz CT molecular complexity index is 3490. The van der Waals surface area contributed by atoms with Crippen LogP contribution in [0.3, 0.4) is 0 Å². The third-order valence-corrected chi connectivity index (χ3v) is 15.7. The topological polar surface area (TPSA) is 6.48 Å². The first-order valence-electron chi connectivity index (χ1n) is 24.6. The summed E-state index contributed by atoms with van der Waals surface area (Å²) in [5.74, 6) is 0. The monoisotopic (exact) mass is 890 g/mol. The van der Waals surface area contributed by atoms with E-state index in [9.17, 15) is 0 Å². The van der Waals surface area contributed by atoms with Gasteiger partial charge in [0.25, 0.3) is 0 Å². The summed E-state index contributed by atoms with van der Waals surface area (Å²) in [6, 6.07) is 72.6. The summed E-state index contributed by atoms with van der Waals surface area (Å²) < 4.78 is 0. The average Bonchev–Trinajstić information content (AvgIpc) is 3.82. The summed E-state index contributed by atoms with van der Waals surface area (Å²) in [5.41, 5.74) is 27.7. The molecule has 0 N–H and O–H groups in total. The van der Waals surface area contributed by atoms with E-state index in [1.807, 2.05) is 0 Å². The Morgan fingerprint density at radius 3 is 1.04 bits per heavy atom. The summed E-state index contributed by atoms with van der Waals surface area (Å²) in [6.45, 7) is 18.7. The van der Waals surface area contributed by atoms with E-state index < -0.39 is 0 Å². The second-order valence-corrected chi connectivity index (χ2v) is 21.2. The number of benzene rings is 9. The number of hydrogen-bond acceptors (Lipinski definition) is 2. The molecule has 0 atom stereocenters. The van der Waals surface area contributed by atoms with Crippen molar-refractivity contribution in [2.24, 2.45) is 0 Å². The molecule has 3 aliphatic carbocycles. The van der Waals surface area contributed by atoms with Gasteiger partial charge in [-0.3, -0.25) is 0 Å². The third kappa shape index (κ3) is 6.83. The lowest BCUT2D eigenvalue weighted by atomic mass is 9.81. The van der Waals surface area contributed by atoms with Crippen LogP contribution in [0.2, 0.25) is 0 Å². The van der Waals surface area contributed by atoms with E-state index in [0.717, 1.165) is 11.4 Å². The van der Waals surface area contributed by atoms with Crippen molar-refractivity contribution in [1.82, 2.24) is 0 Å². The van der Waals surface area contributed by atoms with Crippen LogP contribution in [0, 0.1) is 13.8 Å². The van der Waals surface area contributed by atoms with Gasteiger partial charge < -0.3 is 9.80 Å². The molecule has 0 radical (unpaired) electrons. The van der Waals surface area contributed by atoms with E-state index in [4.69, 9.17) is 0 Å². The van der Waals surface area contributed by atoms with E-state index in [0.29, 0.717) is 0 Å². The molecule has 69 heavy (non-hydrogen) atoms. The van der Waals surface area contributed by atoms with E-state index in [-0.39, 0.29) is 16.2 Å². The highest BCUT2D eigenvalue weighted by molar-refractivity contribution is 5.90. The molecule has 3 aliphatic rings. The molecule has 0 aromatic heterocycles. The maximum Gasteiger partial charge on any atom is 0.0466 e. The number of hydrogen-bond donors (Lipinski definition) is 0. The quantitative estimate of drug-likeness (QED) is 0.140. The number of para-hydroxylation sites is 2. The summed E-state index contributed by atoms with van der Waals surface area (Å²) in [4.78, 5) is 4.84. The SMILES string of the molecule is Cc1cc(C)cc(N(c2ccc3c(c2)C(C)(C)c2ccccc2-3)c2ccc3c(c2)C(C)(C)c2cc(C=Cc4ccc5c(c4)C(C)(C)c4cc(N(c6ccccc6)c6ccccc6)ccc4-5)ccc2-3)c1. The van der Waals surface area contributed by atoms with Gasteiger partial charge >= 0.3 is 0 Å². The first kappa shape index (κ1) is 42.7. The minimum Gasteiger partial charge on any atom is -0.310 e. The minimum absolute atomic E-state index is 0.0911. The van der Waals surface area contributed by atoms with Gasteiger partial charge in [0, 0.05) is 50.4 Å². The van der Waals surface area contributed by atoms with E-state index in [1.54, 1.807) is 0 Å². The predicted molar refractivity (Wildman–Crippen MR) is 293 cm³/mol. The molecule has 9 aromatic rings. The summed E-state index contributed by atoms with van der Waals surface area (Å²) in [7, 11) is 0. The first-order chi connectivity index (χ1) is 33.3. The molecule has 0 unspecified atom stereocenters. The Kier molecular flexibility index (Phi) is 9.70. The van der Waals surface area contributed by atoms with Gasteiger partial charge in [0.05, 0.1) is 0 Å². The maximum atomic E-state index is 2.48. The van der Waals surface area contributed by atoms with E-state index >= 15 is 0 Å². The van der Waals surface area contributed by atoms with Gasteiger partial charge in [-0.25, -0.2) is 0 Å². The summed E-state index contributed by atoms with van der Waals surface area (Å²) in [5, 5.41) is 0. The largest absolute Gasteiger partial charge is 0.310 e. The number of fused-ring (bicyclic) bond motifs is 9. The van der Waals surface area contributed by atoms with Crippen molar-refractivity contribution in [1.29, 1.82) is 0 Å². The van der Waals surface area contributed by atoms with Crippen molar-refractivity contribution in [3.05, 3.63) is 250 Å². The Labute approximate surface area is 408 Å². The van der Waals surface area contributed by atoms with Gasteiger partial charge in [0.2, 0.25) is 0 Å². The van der Waals surface area contributed by atoms with Gasteiger partial charge in [-0.05, 0) is 176 Å². The van der Waals surface area contributed by atoms with Crippen molar-refractivity contribution in [2.75, 3.05) is 9.80 Å². The van der Waals surface area contributed by atoms with Gasteiger partial charge in [0.1, 0.15) is 0 Å². The van der Waals surface area contributed by atoms with Crippen LogP contribution in [0.4, 0.5) is 34.1 Å². The Balaban J connectivity index is 0.853. The van der Waals surface area contributed by atoms with Crippen LogP contribution in [0.15, 0.2) is 194 Å². The number of nitrogens with zero attached hydrogens (tertiary/aromatic N) is 2. The van der Waals surface area contributed by atoms with Gasteiger partial charge in [-0.2, -0.15) is 0 Å². The maximum absolute atomic E-state index is 2.48. The molecule has 9 aromatic carbocycles. The van der Waals surface area contributed by atoms with Gasteiger partial charge in [-0.1, -0.05) is 175 Å². The minimum atomic E-state index is -0.195. The molecule has 2 heteroatoms. The lowest BCUT2D eigenvalue weighted by molar-refractivity contribution is 0.659. The molecule has 0 heterocycles. The van der Waals surface area contributed by atoms with Crippen LogP contribution in [0.5, 0.6) is 0 Å². The summed E-state index contributed by atoms with van der Waals surface area (Å²) in [6.07, 6.45) is 4.59. The molecule has 0 saturated heterocycles. The normalized spacial score (nSPS) is 15.0. The number of rotatable bonds is 8. The van der Waals surface area contributed by atoms with Crippen LogP contribution in [0.1, 0.15) is 97.2 Å². The van der Waals surface area contributed by atoms with E-state index in [1.165, 1.54) is 112 Å². The van der Waals surface area contributed by atoms with Crippen LogP contribution < -0.4 is 9.80 Å².